The van der Waals surface area contributed by atoms with Crippen molar-refractivity contribution in [3.05, 3.63) is 54.4 Å². The Kier molecular flexibility index (Phi) is 4.41. The molecule has 0 bridgehead atoms. The van der Waals surface area contributed by atoms with Crippen LogP contribution in [0.5, 0.6) is 0 Å². The van der Waals surface area contributed by atoms with E-state index in [1.54, 1.807) is 6.20 Å². The van der Waals surface area contributed by atoms with Crippen LogP contribution >= 0.6 is 0 Å². The predicted octanol–water partition coefficient (Wildman–Crippen LogP) is 3.43. The summed E-state index contributed by atoms with van der Waals surface area (Å²) in [5.41, 5.74) is 1.98. The van der Waals surface area contributed by atoms with Gasteiger partial charge in [-0.25, -0.2) is 9.97 Å². The van der Waals surface area contributed by atoms with Gasteiger partial charge >= 0.3 is 0 Å². The van der Waals surface area contributed by atoms with Crippen LogP contribution in [0.3, 0.4) is 0 Å². The van der Waals surface area contributed by atoms with Gasteiger partial charge in [0, 0.05) is 31.4 Å². The maximum atomic E-state index is 13.0. The molecule has 6 nitrogen and oxygen atoms in total. The first-order chi connectivity index (χ1) is 12.6. The monoisotopic (exact) mass is 349 g/mol. The second-order valence-electron chi connectivity index (χ2n) is 7.14. The molecule has 0 aliphatic carbocycles. The molecule has 1 aliphatic heterocycles. The molecule has 6 heteroatoms. The zero-order chi connectivity index (χ0) is 18.1. The van der Waals surface area contributed by atoms with Crippen molar-refractivity contribution < 1.29 is 4.79 Å². The number of likely N-dealkylation sites (tertiary alicyclic amines) is 1. The molecule has 0 N–H and O–H groups in total. The highest BCUT2D eigenvalue weighted by Gasteiger charge is 2.27. The highest BCUT2D eigenvalue weighted by Crippen LogP contribution is 2.26. The molecule has 1 aliphatic rings. The van der Waals surface area contributed by atoms with Crippen molar-refractivity contribution in [3.63, 3.8) is 0 Å². The molecule has 0 radical (unpaired) electrons. The van der Waals surface area contributed by atoms with E-state index in [1.165, 1.54) is 0 Å². The molecule has 134 valence electrons. The highest BCUT2D eigenvalue weighted by molar-refractivity contribution is 5.93. The fourth-order valence-electron chi connectivity index (χ4n) is 3.67. The number of benzene rings is 1. The standard InChI is InChI=1S/C20H23N5O/c1-14(2)19-21-9-11-25(19)15-6-5-10-24(13-15)20(26)18-12-22-16-7-3-4-8-17(16)23-18/h3-4,7-9,11-12,14-15H,5-6,10,13H2,1-2H3/t15-/m0/s1. The summed E-state index contributed by atoms with van der Waals surface area (Å²) in [5, 5.41) is 0. The number of para-hydroxylation sites is 2. The molecule has 4 rings (SSSR count). The first kappa shape index (κ1) is 16.7. The number of nitrogens with zero attached hydrogens (tertiary/aromatic N) is 5. The van der Waals surface area contributed by atoms with Crippen LogP contribution < -0.4 is 0 Å². The van der Waals surface area contributed by atoms with E-state index in [1.807, 2.05) is 41.6 Å². The first-order valence-electron chi connectivity index (χ1n) is 9.17. The van der Waals surface area contributed by atoms with E-state index in [-0.39, 0.29) is 11.9 Å². The Morgan fingerprint density at radius 1 is 1.19 bits per heavy atom. The van der Waals surface area contributed by atoms with E-state index in [2.05, 4.69) is 33.4 Å². The van der Waals surface area contributed by atoms with E-state index < -0.39 is 0 Å². The summed E-state index contributed by atoms with van der Waals surface area (Å²) in [6.45, 7) is 5.74. The van der Waals surface area contributed by atoms with Gasteiger partial charge in [0.2, 0.25) is 0 Å². The Hall–Kier alpha value is -2.76. The maximum Gasteiger partial charge on any atom is 0.274 e. The Morgan fingerprint density at radius 3 is 2.81 bits per heavy atom. The number of fused-ring (bicyclic) bond motifs is 1. The molecule has 3 heterocycles. The highest BCUT2D eigenvalue weighted by atomic mass is 16.2. The summed E-state index contributed by atoms with van der Waals surface area (Å²) in [6.07, 6.45) is 7.51. The lowest BCUT2D eigenvalue weighted by Crippen LogP contribution is -2.41. The van der Waals surface area contributed by atoms with Crippen LogP contribution in [0.15, 0.2) is 42.9 Å². The minimum absolute atomic E-state index is 0.0424. The van der Waals surface area contributed by atoms with Crippen molar-refractivity contribution >= 4 is 16.9 Å². The van der Waals surface area contributed by atoms with Crippen LogP contribution in [0.4, 0.5) is 0 Å². The van der Waals surface area contributed by atoms with Gasteiger partial charge in [-0.05, 0) is 25.0 Å². The number of rotatable bonds is 3. The van der Waals surface area contributed by atoms with Crippen LogP contribution in [0, 0.1) is 0 Å². The molecule has 26 heavy (non-hydrogen) atoms. The number of carbonyl (C=O) groups excluding carboxylic acids is 1. The third kappa shape index (κ3) is 3.07. The number of carbonyl (C=O) groups is 1. The summed E-state index contributed by atoms with van der Waals surface area (Å²) >= 11 is 0. The molecule has 2 aromatic heterocycles. The number of hydrogen-bond donors (Lipinski definition) is 0. The Morgan fingerprint density at radius 2 is 2.00 bits per heavy atom. The van der Waals surface area contributed by atoms with Gasteiger partial charge in [-0.15, -0.1) is 0 Å². The third-order valence-corrected chi connectivity index (χ3v) is 4.96. The lowest BCUT2D eigenvalue weighted by Gasteiger charge is -2.34. The number of imidazole rings is 1. The van der Waals surface area contributed by atoms with E-state index in [0.717, 1.165) is 36.2 Å². The normalized spacial score (nSPS) is 17.8. The largest absolute Gasteiger partial charge is 0.335 e. The first-order valence-corrected chi connectivity index (χ1v) is 9.17. The van der Waals surface area contributed by atoms with Crippen molar-refractivity contribution in [1.29, 1.82) is 0 Å². The molecule has 3 aromatic rings. The van der Waals surface area contributed by atoms with Crippen LogP contribution in [-0.2, 0) is 0 Å². The van der Waals surface area contributed by atoms with Crippen LogP contribution in [0.2, 0.25) is 0 Å². The number of amides is 1. The predicted molar refractivity (Wildman–Crippen MR) is 100 cm³/mol. The lowest BCUT2D eigenvalue weighted by molar-refractivity contribution is 0.0671. The van der Waals surface area contributed by atoms with Gasteiger partial charge in [0.05, 0.1) is 23.3 Å². The van der Waals surface area contributed by atoms with Crippen molar-refractivity contribution in [2.24, 2.45) is 0 Å². The van der Waals surface area contributed by atoms with Crippen molar-refractivity contribution in [2.75, 3.05) is 13.1 Å². The van der Waals surface area contributed by atoms with Crippen molar-refractivity contribution in [1.82, 2.24) is 24.4 Å². The molecular weight excluding hydrogens is 326 g/mol. The third-order valence-electron chi connectivity index (χ3n) is 4.96. The van der Waals surface area contributed by atoms with E-state index in [0.29, 0.717) is 18.2 Å². The molecule has 0 unspecified atom stereocenters. The van der Waals surface area contributed by atoms with Crippen LogP contribution in [0.25, 0.3) is 11.0 Å². The Balaban J connectivity index is 1.56. The summed E-state index contributed by atoms with van der Waals surface area (Å²) in [5.74, 6) is 1.40. The lowest BCUT2D eigenvalue weighted by atomic mass is 10.0. The van der Waals surface area contributed by atoms with Gasteiger partial charge in [-0.1, -0.05) is 26.0 Å². The number of piperidine rings is 1. The Bertz CT molecular complexity index is 933. The van der Waals surface area contributed by atoms with Gasteiger partial charge in [-0.3, -0.25) is 9.78 Å². The topological polar surface area (TPSA) is 63.9 Å². The molecule has 0 spiro atoms. The average molecular weight is 349 g/mol. The van der Waals surface area contributed by atoms with Gasteiger partial charge in [0.25, 0.3) is 5.91 Å². The molecule has 1 aromatic carbocycles. The maximum absolute atomic E-state index is 13.0. The van der Waals surface area contributed by atoms with Crippen LogP contribution in [0.1, 0.15) is 55.0 Å². The smallest absolute Gasteiger partial charge is 0.274 e. The minimum Gasteiger partial charge on any atom is -0.335 e. The van der Waals surface area contributed by atoms with Gasteiger partial charge in [0.15, 0.2) is 0 Å². The molecule has 1 amide bonds. The molecular formula is C20H23N5O. The van der Waals surface area contributed by atoms with E-state index >= 15 is 0 Å². The summed E-state index contributed by atoms with van der Waals surface area (Å²) in [6, 6.07) is 7.89. The summed E-state index contributed by atoms with van der Waals surface area (Å²) < 4.78 is 2.23. The zero-order valence-corrected chi connectivity index (χ0v) is 15.2. The SMILES string of the molecule is CC(C)c1nccn1[C@H]1CCCN(C(=O)c2cnc3ccccc3n2)C1. The second-order valence-corrected chi connectivity index (χ2v) is 7.14. The number of hydrogen-bond acceptors (Lipinski definition) is 4. The van der Waals surface area contributed by atoms with Crippen molar-refractivity contribution in [2.45, 2.75) is 38.6 Å². The van der Waals surface area contributed by atoms with Gasteiger partial charge in [-0.2, -0.15) is 0 Å². The molecule has 1 fully saturated rings. The fourth-order valence-corrected chi connectivity index (χ4v) is 3.67. The molecule has 0 saturated carbocycles. The van der Waals surface area contributed by atoms with Crippen LogP contribution in [-0.4, -0.2) is 43.4 Å². The molecule has 1 saturated heterocycles. The summed E-state index contributed by atoms with van der Waals surface area (Å²) in [7, 11) is 0. The second kappa shape index (κ2) is 6.86. The number of aromatic nitrogens is 4. The Labute approximate surface area is 152 Å². The quantitative estimate of drug-likeness (QED) is 0.727. The molecule has 1 atom stereocenters. The van der Waals surface area contributed by atoms with E-state index in [4.69, 9.17) is 0 Å². The van der Waals surface area contributed by atoms with Gasteiger partial charge in [0.1, 0.15) is 11.5 Å². The van der Waals surface area contributed by atoms with E-state index in [9.17, 15) is 4.79 Å². The average Bonchev–Trinajstić information content (AvgIpc) is 3.17. The zero-order valence-electron chi connectivity index (χ0n) is 15.2. The van der Waals surface area contributed by atoms with Crippen molar-refractivity contribution in [3.8, 4) is 0 Å². The summed E-state index contributed by atoms with van der Waals surface area (Å²) in [4.78, 5) is 28.3. The minimum atomic E-state index is -0.0424. The van der Waals surface area contributed by atoms with Gasteiger partial charge < -0.3 is 9.47 Å². The fraction of sp³-hybridized carbons (Fsp3) is 0.400.